The van der Waals surface area contributed by atoms with Gasteiger partial charge < -0.3 is 0 Å². The highest BCUT2D eigenvalue weighted by Crippen LogP contribution is 2.32. The maximum absolute atomic E-state index is 12.5. The minimum Gasteiger partial charge on any atom is -0.300 e. The first-order valence-corrected chi connectivity index (χ1v) is 5.23. The molecule has 1 amide bonds. The van der Waals surface area contributed by atoms with E-state index >= 15 is 0 Å². The van der Waals surface area contributed by atoms with Crippen molar-refractivity contribution >= 4 is 11.7 Å². The maximum atomic E-state index is 12.5. The van der Waals surface area contributed by atoms with Crippen molar-refractivity contribution in [2.24, 2.45) is 5.92 Å². The second-order valence-electron chi connectivity index (χ2n) is 4.20. The summed E-state index contributed by atoms with van der Waals surface area (Å²) in [4.78, 5) is 13.0. The van der Waals surface area contributed by atoms with Gasteiger partial charge in [-0.15, -0.1) is 0 Å². The number of anilines is 1. The van der Waals surface area contributed by atoms with Crippen LogP contribution in [0.1, 0.15) is 19.0 Å². The van der Waals surface area contributed by atoms with E-state index in [-0.39, 0.29) is 17.6 Å². The van der Waals surface area contributed by atoms with Gasteiger partial charge in [-0.3, -0.25) is 9.69 Å². The summed E-state index contributed by atoms with van der Waals surface area (Å²) >= 11 is 0. The summed E-state index contributed by atoms with van der Waals surface area (Å²) in [6.45, 7) is 2.08. The Morgan fingerprint density at radius 1 is 1.47 bits per heavy atom. The Kier molecular flexibility index (Phi) is 2.63. The van der Waals surface area contributed by atoms with Crippen LogP contribution in [0.4, 0.5) is 19.0 Å². The molecule has 2 heterocycles. The molecular weight excluding hydrogens is 235 g/mol. The van der Waals surface area contributed by atoms with Gasteiger partial charge in [-0.2, -0.15) is 18.3 Å². The summed E-state index contributed by atoms with van der Waals surface area (Å²) in [5.41, 5.74) is -0.957. The minimum absolute atomic E-state index is 0.183. The van der Waals surface area contributed by atoms with Gasteiger partial charge in [0, 0.05) is 25.6 Å². The largest absolute Gasteiger partial charge is 0.435 e. The first-order chi connectivity index (χ1) is 7.80. The van der Waals surface area contributed by atoms with Crippen molar-refractivity contribution in [1.82, 2.24) is 9.78 Å². The lowest BCUT2D eigenvalue weighted by Gasteiger charge is -2.16. The van der Waals surface area contributed by atoms with Gasteiger partial charge in [0.15, 0.2) is 5.69 Å². The Balaban J connectivity index is 2.43. The average molecular weight is 247 g/mol. The van der Waals surface area contributed by atoms with Crippen LogP contribution in [0.2, 0.25) is 0 Å². The molecule has 1 atom stereocenters. The first-order valence-electron chi connectivity index (χ1n) is 5.23. The van der Waals surface area contributed by atoms with E-state index in [1.807, 2.05) is 0 Å². The number of hydrogen-bond donors (Lipinski definition) is 0. The Morgan fingerprint density at radius 2 is 2.12 bits per heavy atom. The van der Waals surface area contributed by atoms with Gasteiger partial charge in [0.05, 0.1) is 0 Å². The number of nitrogens with zero attached hydrogens (tertiary/aromatic N) is 3. The zero-order chi connectivity index (χ0) is 12.8. The molecule has 0 aliphatic carbocycles. The molecule has 0 bridgehead atoms. The predicted molar refractivity (Wildman–Crippen MR) is 54.4 cm³/mol. The van der Waals surface area contributed by atoms with E-state index < -0.39 is 11.9 Å². The number of fused-ring (bicyclic) bond motifs is 1. The van der Waals surface area contributed by atoms with Gasteiger partial charge in [-0.05, 0) is 6.42 Å². The molecule has 1 unspecified atom stereocenters. The molecule has 1 aromatic rings. The van der Waals surface area contributed by atoms with Crippen molar-refractivity contribution < 1.29 is 18.0 Å². The number of aryl methyl sites for hydroxylation is 1. The van der Waals surface area contributed by atoms with Crippen LogP contribution in [0.25, 0.3) is 0 Å². The fourth-order valence-electron chi connectivity index (χ4n) is 1.86. The van der Waals surface area contributed by atoms with Crippen molar-refractivity contribution in [2.45, 2.75) is 26.1 Å². The molecule has 2 rings (SSSR count). The van der Waals surface area contributed by atoms with Crippen LogP contribution in [0, 0.1) is 5.92 Å². The highest BCUT2D eigenvalue weighted by molar-refractivity contribution is 5.93. The second-order valence-corrected chi connectivity index (χ2v) is 4.20. The van der Waals surface area contributed by atoms with Gasteiger partial charge in [-0.1, -0.05) is 6.92 Å². The van der Waals surface area contributed by atoms with Gasteiger partial charge in [0.25, 0.3) is 0 Å². The summed E-state index contributed by atoms with van der Waals surface area (Å²) in [7, 11) is 1.47. The fourth-order valence-corrected chi connectivity index (χ4v) is 1.86. The Hall–Kier alpha value is -1.53. The quantitative estimate of drug-likeness (QED) is 0.702. The topological polar surface area (TPSA) is 38.1 Å². The van der Waals surface area contributed by atoms with Crippen LogP contribution >= 0.6 is 0 Å². The summed E-state index contributed by atoms with van der Waals surface area (Å²) in [6.07, 6.45) is -3.98. The predicted octanol–water partition coefficient (Wildman–Crippen LogP) is 1.90. The second kappa shape index (κ2) is 3.75. The molecule has 4 nitrogen and oxygen atoms in total. The van der Waals surface area contributed by atoms with Crippen LogP contribution in [0.3, 0.4) is 0 Å². The molecule has 0 aromatic carbocycles. The van der Waals surface area contributed by atoms with Crippen molar-refractivity contribution in [3.63, 3.8) is 0 Å². The number of carbonyl (C=O) groups excluding carboxylic acids is 1. The third kappa shape index (κ3) is 2.01. The molecule has 0 spiro atoms. The molecule has 94 valence electrons. The number of hydrogen-bond acceptors (Lipinski definition) is 2. The molecule has 0 saturated heterocycles. The van der Waals surface area contributed by atoms with E-state index in [4.69, 9.17) is 0 Å². The van der Waals surface area contributed by atoms with Gasteiger partial charge in [0.2, 0.25) is 5.91 Å². The molecule has 0 saturated carbocycles. The van der Waals surface area contributed by atoms with E-state index in [0.29, 0.717) is 13.0 Å². The number of alkyl halides is 3. The zero-order valence-electron chi connectivity index (χ0n) is 9.45. The van der Waals surface area contributed by atoms with Crippen LogP contribution in [0.5, 0.6) is 0 Å². The molecule has 1 aliphatic rings. The Morgan fingerprint density at radius 3 is 2.71 bits per heavy atom. The number of aromatic nitrogens is 2. The standard InChI is InChI=1S/C10H12F3N3O/c1-6-3-4-16-8(15(2)9(6)17)5-7(14-16)10(11,12)13/h5-6H,3-4H2,1-2H3. The number of carbonyl (C=O) groups is 1. The van der Waals surface area contributed by atoms with Crippen molar-refractivity contribution in [3.05, 3.63) is 11.8 Å². The number of amides is 1. The summed E-state index contributed by atoms with van der Waals surface area (Å²) < 4.78 is 38.7. The molecule has 1 aliphatic heterocycles. The van der Waals surface area contributed by atoms with Crippen molar-refractivity contribution in [1.29, 1.82) is 0 Å². The van der Waals surface area contributed by atoms with E-state index in [1.54, 1.807) is 6.92 Å². The van der Waals surface area contributed by atoms with Crippen LogP contribution < -0.4 is 4.90 Å². The summed E-state index contributed by atoms with van der Waals surface area (Å²) in [5.74, 6) is -0.180. The van der Waals surface area contributed by atoms with Gasteiger partial charge >= 0.3 is 6.18 Å². The SMILES string of the molecule is CC1CCn2nc(C(F)(F)F)cc2N(C)C1=O. The molecule has 0 N–H and O–H groups in total. The number of rotatable bonds is 0. The van der Waals surface area contributed by atoms with Gasteiger partial charge in [0.1, 0.15) is 5.82 Å². The third-order valence-electron chi connectivity index (χ3n) is 2.92. The Labute approximate surface area is 96.0 Å². The van der Waals surface area contributed by atoms with Crippen LogP contribution in [-0.4, -0.2) is 22.7 Å². The molecule has 0 radical (unpaired) electrons. The fraction of sp³-hybridized carbons (Fsp3) is 0.600. The van der Waals surface area contributed by atoms with Crippen molar-refractivity contribution in [3.8, 4) is 0 Å². The smallest absolute Gasteiger partial charge is 0.300 e. The molecule has 7 heteroatoms. The van der Waals surface area contributed by atoms with E-state index in [2.05, 4.69) is 5.10 Å². The molecular formula is C10H12F3N3O. The average Bonchev–Trinajstić information content (AvgIpc) is 2.63. The summed E-state index contributed by atoms with van der Waals surface area (Å²) in [6, 6.07) is 0.913. The third-order valence-corrected chi connectivity index (χ3v) is 2.92. The monoisotopic (exact) mass is 247 g/mol. The van der Waals surface area contributed by atoms with Crippen LogP contribution in [0.15, 0.2) is 6.07 Å². The van der Waals surface area contributed by atoms with Gasteiger partial charge in [-0.25, -0.2) is 4.68 Å². The minimum atomic E-state index is -4.48. The molecule has 17 heavy (non-hydrogen) atoms. The summed E-state index contributed by atoms with van der Waals surface area (Å²) in [5, 5.41) is 3.50. The highest BCUT2D eigenvalue weighted by Gasteiger charge is 2.37. The van der Waals surface area contributed by atoms with E-state index in [0.717, 1.165) is 6.07 Å². The maximum Gasteiger partial charge on any atom is 0.435 e. The lowest BCUT2D eigenvalue weighted by molar-refractivity contribution is -0.141. The van der Waals surface area contributed by atoms with E-state index in [9.17, 15) is 18.0 Å². The van der Waals surface area contributed by atoms with Crippen molar-refractivity contribution in [2.75, 3.05) is 11.9 Å². The Bertz CT molecular complexity index is 452. The van der Waals surface area contributed by atoms with E-state index in [1.165, 1.54) is 16.6 Å². The lowest BCUT2D eigenvalue weighted by atomic mass is 10.1. The number of halogens is 3. The first kappa shape index (κ1) is 11.9. The van der Waals surface area contributed by atoms with Crippen LogP contribution in [-0.2, 0) is 17.5 Å². The molecule has 1 aromatic heterocycles. The lowest BCUT2D eigenvalue weighted by Crippen LogP contribution is -2.30. The zero-order valence-corrected chi connectivity index (χ0v) is 9.45. The highest BCUT2D eigenvalue weighted by atomic mass is 19.4. The molecule has 0 fully saturated rings. The normalized spacial score (nSPS) is 21.4.